The molecule has 0 atom stereocenters. The molecule has 1 fully saturated rings. The molecule has 3 heterocycles. The molecule has 2 aromatic heterocycles. The minimum atomic E-state index is -0.102. The number of ether oxygens (including phenoxy) is 1. The van der Waals surface area contributed by atoms with Crippen molar-refractivity contribution in [2.45, 2.75) is 26.2 Å². The van der Waals surface area contributed by atoms with Crippen molar-refractivity contribution >= 4 is 17.3 Å². The molecule has 1 amide bonds. The Balaban J connectivity index is 1.75. The number of carbonyl (C=O) groups is 1. The van der Waals surface area contributed by atoms with Crippen LogP contribution >= 0.6 is 0 Å². The van der Waals surface area contributed by atoms with Crippen LogP contribution in [0.1, 0.15) is 26.2 Å². The molecule has 0 saturated carbocycles. The molecule has 0 spiro atoms. The Bertz CT molecular complexity index is 709. The number of amides is 1. The summed E-state index contributed by atoms with van der Waals surface area (Å²) in [7, 11) is 1.57. The fraction of sp³-hybridized carbons (Fsp3) is 0.529. The van der Waals surface area contributed by atoms with Crippen molar-refractivity contribution in [3.8, 4) is 5.82 Å². The van der Waals surface area contributed by atoms with E-state index >= 15 is 0 Å². The van der Waals surface area contributed by atoms with Gasteiger partial charge in [-0.1, -0.05) is 6.92 Å². The van der Waals surface area contributed by atoms with Gasteiger partial charge in [-0.3, -0.25) is 4.79 Å². The Morgan fingerprint density at radius 1 is 1.36 bits per heavy atom. The predicted octanol–water partition coefficient (Wildman–Crippen LogP) is 1.87. The highest BCUT2D eigenvalue weighted by molar-refractivity contribution is 5.90. The second-order valence-corrected chi connectivity index (χ2v) is 6.37. The molecule has 0 radical (unpaired) electrons. The molecular weight excluding hydrogens is 320 g/mol. The van der Waals surface area contributed by atoms with E-state index in [2.05, 4.69) is 32.2 Å². The van der Waals surface area contributed by atoms with Crippen molar-refractivity contribution in [1.82, 2.24) is 19.7 Å². The summed E-state index contributed by atoms with van der Waals surface area (Å²) in [6.45, 7) is 4.65. The van der Waals surface area contributed by atoms with Crippen molar-refractivity contribution < 1.29 is 9.53 Å². The Morgan fingerprint density at radius 2 is 2.16 bits per heavy atom. The predicted molar refractivity (Wildman–Crippen MR) is 94.9 cm³/mol. The van der Waals surface area contributed by atoms with Crippen LogP contribution in [0.4, 0.5) is 11.4 Å². The number of methoxy groups -OCH3 is 1. The van der Waals surface area contributed by atoms with Crippen LogP contribution in [0.3, 0.4) is 0 Å². The Labute approximate surface area is 147 Å². The molecule has 1 aliphatic heterocycles. The van der Waals surface area contributed by atoms with Gasteiger partial charge < -0.3 is 15.0 Å². The largest absolute Gasteiger partial charge is 0.384 e. The molecule has 0 aliphatic carbocycles. The number of carbonyl (C=O) groups excluding carboxylic acids is 1. The third kappa shape index (κ3) is 4.33. The van der Waals surface area contributed by atoms with Crippen LogP contribution in [0.25, 0.3) is 5.82 Å². The fourth-order valence-electron chi connectivity index (χ4n) is 2.89. The maximum Gasteiger partial charge on any atom is 0.226 e. The topological polar surface area (TPSA) is 85.2 Å². The highest BCUT2D eigenvalue weighted by Gasteiger charge is 2.20. The van der Waals surface area contributed by atoms with E-state index < -0.39 is 0 Å². The summed E-state index contributed by atoms with van der Waals surface area (Å²) in [6.07, 6.45) is 9.37. The van der Waals surface area contributed by atoms with Crippen LogP contribution in [0.2, 0.25) is 0 Å². The molecule has 0 unspecified atom stereocenters. The Kier molecular flexibility index (Phi) is 5.60. The molecule has 8 nitrogen and oxygen atoms in total. The van der Waals surface area contributed by atoms with Crippen LogP contribution in [0, 0.1) is 5.92 Å². The summed E-state index contributed by atoms with van der Waals surface area (Å²) < 4.78 is 6.59. The molecule has 1 aliphatic rings. The molecule has 134 valence electrons. The number of aromatic nitrogens is 4. The van der Waals surface area contributed by atoms with Gasteiger partial charge in [0, 0.05) is 20.2 Å². The van der Waals surface area contributed by atoms with Crippen molar-refractivity contribution in [3.63, 3.8) is 0 Å². The van der Waals surface area contributed by atoms with Gasteiger partial charge in [-0.25, -0.2) is 14.6 Å². The SMILES string of the molecule is COCCC(=O)Nc1cnn(-c2ncncc2N2CCC(C)CC2)c1. The lowest BCUT2D eigenvalue weighted by atomic mass is 9.99. The van der Waals surface area contributed by atoms with Gasteiger partial charge in [-0.2, -0.15) is 5.10 Å². The van der Waals surface area contributed by atoms with E-state index in [0.29, 0.717) is 18.7 Å². The van der Waals surface area contributed by atoms with Gasteiger partial charge in [0.25, 0.3) is 0 Å². The van der Waals surface area contributed by atoms with E-state index in [-0.39, 0.29) is 5.91 Å². The second-order valence-electron chi connectivity index (χ2n) is 6.37. The fourth-order valence-corrected chi connectivity index (χ4v) is 2.89. The smallest absolute Gasteiger partial charge is 0.226 e. The van der Waals surface area contributed by atoms with Crippen LogP contribution < -0.4 is 10.2 Å². The highest BCUT2D eigenvalue weighted by atomic mass is 16.5. The van der Waals surface area contributed by atoms with Crippen molar-refractivity contribution in [3.05, 3.63) is 24.9 Å². The standard InChI is InChI=1S/C17H24N6O2/c1-13-3-6-22(7-4-13)15-10-18-12-19-17(15)23-11-14(9-20-23)21-16(24)5-8-25-2/h9-13H,3-8H2,1-2H3,(H,21,24). The van der Waals surface area contributed by atoms with E-state index in [1.165, 1.54) is 6.33 Å². The van der Waals surface area contributed by atoms with Gasteiger partial charge in [0.2, 0.25) is 5.91 Å². The lowest BCUT2D eigenvalue weighted by Crippen LogP contribution is -2.33. The van der Waals surface area contributed by atoms with Crippen LogP contribution in [-0.2, 0) is 9.53 Å². The summed E-state index contributed by atoms with van der Waals surface area (Å²) in [5.41, 5.74) is 1.60. The van der Waals surface area contributed by atoms with Crippen molar-refractivity contribution in [2.24, 2.45) is 5.92 Å². The lowest BCUT2D eigenvalue weighted by molar-refractivity contribution is -0.117. The van der Waals surface area contributed by atoms with E-state index in [1.54, 1.807) is 24.2 Å². The molecule has 2 aromatic rings. The van der Waals surface area contributed by atoms with E-state index in [1.807, 2.05) is 6.20 Å². The van der Waals surface area contributed by atoms with E-state index in [4.69, 9.17) is 4.74 Å². The van der Waals surface area contributed by atoms with Crippen LogP contribution in [0.15, 0.2) is 24.9 Å². The van der Waals surface area contributed by atoms with Gasteiger partial charge in [-0.05, 0) is 18.8 Å². The molecule has 25 heavy (non-hydrogen) atoms. The first-order chi connectivity index (χ1) is 12.2. The monoisotopic (exact) mass is 344 g/mol. The Hall–Kier alpha value is -2.48. The third-order valence-corrected chi connectivity index (χ3v) is 4.41. The first kappa shape index (κ1) is 17.3. The summed E-state index contributed by atoms with van der Waals surface area (Å²) in [4.78, 5) is 22.7. The van der Waals surface area contributed by atoms with Gasteiger partial charge >= 0.3 is 0 Å². The number of nitrogens with one attached hydrogen (secondary N) is 1. The molecule has 0 bridgehead atoms. The summed E-state index contributed by atoms with van der Waals surface area (Å²) in [5.74, 6) is 1.37. The highest BCUT2D eigenvalue weighted by Crippen LogP contribution is 2.26. The molecule has 3 rings (SSSR count). The number of hydrogen-bond donors (Lipinski definition) is 1. The van der Waals surface area contributed by atoms with Gasteiger partial charge in [0.1, 0.15) is 12.0 Å². The summed E-state index contributed by atoms with van der Waals surface area (Å²) >= 11 is 0. The average molecular weight is 344 g/mol. The normalized spacial score (nSPS) is 15.4. The Morgan fingerprint density at radius 3 is 2.92 bits per heavy atom. The van der Waals surface area contributed by atoms with Crippen molar-refractivity contribution in [1.29, 1.82) is 0 Å². The second kappa shape index (κ2) is 8.06. The summed E-state index contributed by atoms with van der Waals surface area (Å²) in [6, 6.07) is 0. The number of anilines is 2. The molecule has 1 N–H and O–H groups in total. The van der Waals surface area contributed by atoms with Crippen LogP contribution in [0.5, 0.6) is 0 Å². The molecule has 8 heteroatoms. The zero-order valence-corrected chi connectivity index (χ0v) is 14.7. The average Bonchev–Trinajstić information content (AvgIpc) is 3.09. The quantitative estimate of drug-likeness (QED) is 0.861. The summed E-state index contributed by atoms with van der Waals surface area (Å²) in [5, 5.41) is 7.16. The number of hydrogen-bond acceptors (Lipinski definition) is 6. The first-order valence-corrected chi connectivity index (χ1v) is 8.56. The van der Waals surface area contributed by atoms with Gasteiger partial charge in [0.15, 0.2) is 5.82 Å². The maximum atomic E-state index is 11.8. The zero-order chi connectivity index (χ0) is 17.6. The minimum absolute atomic E-state index is 0.102. The number of nitrogens with zero attached hydrogens (tertiary/aromatic N) is 5. The molecule has 1 saturated heterocycles. The van der Waals surface area contributed by atoms with E-state index in [9.17, 15) is 4.79 Å². The minimum Gasteiger partial charge on any atom is -0.384 e. The number of rotatable bonds is 6. The van der Waals surface area contributed by atoms with Gasteiger partial charge in [-0.15, -0.1) is 0 Å². The maximum absolute atomic E-state index is 11.8. The molecule has 0 aromatic carbocycles. The third-order valence-electron chi connectivity index (χ3n) is 4.41. The van der Waals surface area contributed by atoms with Crippen molar-refractivity contribution in [2.75, 3.05) is 37.0 Å². The van der Waals surface area contributed by atoms with Gasteiger partial charge in [0.05, 0.1) is 37.3 Å². The first-order valence-electron chi connectivity index (χ1n) is 8.56. The lowest BCUT2D eigenvalue weighted by Gasteiger charge is -2.32. The molecular formula is C17H24N6O2. The number of piperidine rings is 1. The van der Waals surface area contributed by atoms with E-state index in [0.717, 1.165) is 43.4 Å². The van der Waals surface area contributed by atoms with Crippen LogP contribution in [-0.4, -0.2) is 52.5 Å². The zero-order valence-electron chi connectivity index (χ0n) is 14.7.